The number of H-pyrrole nitrogens is 2. The van der Waals surface area contributed by atoms with E-state index in [0.717, 1.165) is 86.6 Å². The molecule has 2 aliphatic carbocycles. The molecule has 4 fully saturated rings. The minimum Gasteiger partial charge on any atom is -0.465 e. The van der Waals surface area contributed by atoms with Crippen molar-refractivity contribution in [1.29, 1.82) is 0 Å². The number of carbonyl (C=O) groups excluding carboxylic acids is 3. The Morgan fingerprint density at radius 2 is 1.21 bits per heavy atom. The number of nitrogens with one attached hydrogen (secondary N) is 3. The van der Waals surface area contributed by atoms with Crippen LogP contribution in [0.4, 0.5) is 9.59 Å². The van der Waals surface area contributed by atoms with E-state index < -0.39 is 24.3 Å². The first-order chi connectivity index (χ1) is 29.5. The van der Waals surface area contributed by atoms with Crippen LogP contribution in [0.15, 0.2) is 73.1 Å². The molecule has 2 aromatic heterocycles. The zero-order chi connectivity index (χ0) is 44.0. The van der Waals surface area contributed by atoms with Crippen molar-refractivity contribution in [3.05, 3.63) is 84.7 Å². The molecule has 0 unspecified atom stereocenters. The van der Waals surface area contributed by atoms with Gasteiger partial charge in [0.1, 0.15) is 23.7 Å². The number of methoxy groups -OCH3 is 1. The van der Waals surface area contributed by atoms with Crippen molar-refractivity contribution in [3.8, 4) is 33.6 Å². The lowest BCUT2D eigenvalue weighted by atomic mass is 9.98. The lowest BCUT2D eigenvalue weighted by molar-refractivity contribution is -0.140. The molecule has 2 saturated heterocycles. The Bertz CT molecular complexity index is 2580. The first kappa shape index (κ1) is 41.2. The van der Waals surface area contributed by atoms with Crippen LogP contribution in [0.25, 0.3) is 44.4 Å². The smallest absolute Gasteiger partial charge is 0.407 e. The summed E-state index contributed by atoms with van der Waals surface area (Å²) in [5.74, 6) is 0.904. The third-order valence-electron chi connectivity index (χ3n) is 14.3. The number of aromatic nitrogens is 4. The Morgan fingerprint density at radius 3 is 1.73 bits per heavy atom. The molecule has 5 aromatic rings. The summed E-state index contributed by atoms with van der Waals surface area (Å²) in [5.41, 5.74) is 5.70. The second kappa shape index (κ2) is 15.0. The van der Waals surface area contributed by atoms with Gasteiger partial charge in [0.25, 0.3) is 0 Å². The van der Waals surface area contributed by atoms with E-state index in [-0.39, 0.29) is 58.6 Å². The van der Waals surface area contributed by atoms with Crippen LogP contribution in [-0.4, -0.2) is 102 Å². The fourth-order valence-corrected chi connectivity index (χ4v) is 10.4. The molecular formula is C48H56N8O6. The second-order valence-corrected chi connectivity index (χ2v) is 19.3. The van der Waals surface area contributed by atoms with E-state index in [9.17, 15) is 24.3 Å². The number of aromatic amines is 2. The van der Waals surface area contributed by atoms with E-state index in [1.807, 2.05) is 49.9 Å². The number of nitrogens with zero attached hydrogens (tertiary/aromatic N) is 5. The molecule has 9 rings (SSSR count). The maximum Gasteiger partial charge on any atom is 0.407 e. The zero-order valence-electron chi connectivity index (χ0n) is 36.6. The van der Waals surface area contributed by atoms with Crippen LogP contribution in [0.5, 0.6) is 0 Å². The van der Waals surface area contributed by atoms with E-state index in [4.69, 9.17) is 14.7 Å². The van der Waals surface area contributed by atoms with Crippen LogP contribution >= 0.6 is 0 Å². The largest absolute Gasteiger partial charge is 0.465 e. The number of imidazole rings is 2. The fraction of sp³-hybridized carbons (Fsp3) is 0.458. The van der Waals surface area contributed by atoms with E-state index >= 15 is 0 Å². The van der Waals surface area contributed by atoms with Crippen molar-refractivity contribution < 1.29 is 29.0 Å². The van der Waals surface area contributed by atoms with Gasteiger partial charge in [0.2, 0.25) is 11.8 Å². The number of amides is 4. The minimum atomic E-state index is -1.11. The molecule has 0 radical (unpaired) electrons. The van der Waals surface area contributed by atoms with Gasteiger partial charge in [-0.2, -0.15) is 0 Å². The lowest BCUT2D eigenvalue weighted by Gasteiger charge is -2.35. The molecule has 2 saturated carbocycles. The molecular weight excluding hydrogens is 785 g/mol. The monoisotopic (exact) mass is 840 g/mol. The molecule has 62 heavy (non-hydrogen) atoms. The van der Waals surface area contributed by atoms with Gasteiger partial charge < -0.3 is 34.9 Å². The predicted molar refractivity (Wildman–Crippen MR) is 235 cm³/mol. The number of benzene rings is 3. The maximum atomic E-state index is 14.0. The Kier molecular flexibility index (Phi) is 9.98. The zero-order valence-corrected chi connectivity index (χ0v) is 36.6. The van der Waals surface area contributed by atoms with Crippen LogP contribution in [0.1, 0.15) is 91.0 Å². The molecule has 4 aliphatic rings. The summed E-state index contributed by atoms with van der Waals surface area (Å²) in [4.78, 5) is 73.8. The van der Waals surface area contributed by atoms with Gasteiger partial charge in [0, 0.05) is 42.7 Å². The van der Waals surface area contributed by atoms with Crippen LogP contribution in [0.3, 0.4) is 0 Å². The summed E-state index contributed by atoms with van der Waals surface area (Å²) in [5, 5.41) is 14.7. The van der Waals surface area contributed by atoms with E-state index in [1.54, 1.807) is 0 Å². The van der Waals surface area contributed by atoms with E-state index in [1.165, 1.54) is 14.2 Å². The normalized spacial score (nSPS) is 25.7. The van der Waals surface area contributed by atoms with Gasteiger partial charge in [-0.1, -0.05) is 90.1 Å². The number of carboxylic acid groups (broad SMARTS) is 1. The highest BCUT2D eigenvalue weighted by atomic mass is 16.5. The van der Waals surface area contributed by atoms with Crippen molar-refractivity contribution in [1.82, 2.24) is 40.0 Å². The summed E-state index contributed by atoms with van der Waals surface area (Å²) < 4.78 is 4.83. The third kappa shape index (κ3) is 7.06. The quantitative estimate of drug-likeness (QED) is 0.102. The van der Waals surface area contributed by atoms with Gasteiger partial charge in [-0.05, 0) is 82.4 Å². The number of alkyl carbamates (subject to hydrolysis) is 1. The first-order valence-electron chi connectivity index (χ1n) is 21.7. The summed E-state index contributed by atoms with van der Waals surface area (Å²) in [7, 11) is 2.78. The molecule has 4 amide bonds. The van der Waals surface area contributed by atoms with E-state index in [2.05, 4.69) is 89.8 Å². The van der Waals surface area contributed by atoms with Crippen molar-refractivity contribution in [2.75, 3.05) is 14.2 Å². The Labute approximate surface area is 361 Å². The molecule has 0 spiro atoms. The van der Waals surface area contributed by atoms with Gasteiger partial charge >= 0.3 is 12.2 Å². The molecule has 8 atom stereocenters. The highest BCUT2D eigenvalue weighted by Gasteiger charge is 2.65. The number of fused-ring (bicyclic) bond motifs is 3. The molecule has 3 aromatic carbocycles. The number of carbonyl (C=O) groups is 4. The van der Waals surface area contributed by atoms with Crippen LogP contribution in [0, 0.1) is 22.7 Å². The molecule has 324 valence electrons. The summed E-state index contributed by atoms with van der Waals surface area (Å²) >= 11 is 0. The van der Waals surface area contributed by atoms with Gasteiger partial charge in [-0.25, -0.2) is 19.6 Å². The summed E-state index contributed by atoms with van der Waals surface area (Å²) in [6.45, 7) is 12.0. The van der Waals surface area contributed by atoms with Crippen molar-refractivity contribution in [2.45, 2.75) is 103 Å². The highest BCUT2D eigenvalue weighted by Crippen LogP contribution is 2.64. The number of hydrogen-bond acceptors (Lipinski definition) is 7. The average molecular weight is 841 g/mol. The van der Waals surface area contributed by atoms with Crippen molar-refractivity contribution in [3.63, 3.8) is 0 Å². The third-order valence-corrected chi connectivity index (χ3v) is 14.3. The highest BCUT2D eigenvalue weighted by molar-refractivity contribution is 5.91. The van der Waals surface area contributed by atoms with Gasteiger partial charge in [0.05, 0.1) is 30.6 Å². The standard InChI is InChI=1S/C48H56N8O6/c1-25(2)39(53-45(59)62-8)43(57)55-35(19-47(5)21-37(47)55)41-50-24-34(52-41)32-16-15-30-17-29(13-14-31(30)18-32)27-9-11-28(12-10-27)33-23-49-42(51-33)36-20-48(6)22-38(48)56(36)44(58)40(26(3)4)54(7)46(60)61/h9-18,23-26,35-40H,19-22H2,1-8H3,(H,49,51)(H,50,52)(H,53,59)(H,60,61)/t35-,36-,37-,38-,39-,40-,47-,48+/m0/s1. The molecule has 4 heterocycles. The van der Waals surface area contributed by atoms with Crippen molar-refractivity contribution >= 4 is 34.8 Å². The second-order valence-electron chi connectivity index (χ2n) is 19.3. The molecule has 4 N–H and O–H groups in total. The molecule has 0 bridgehead atoms. The Morgan fingerprint density at radius 1 is 0.726 bits per heavy atom. The minimum absolute atomic E-state index is 0.00654. The summed E-state index contributed by atoms with van der Waals surface area (Å²) in [6, 6.07) is 19.3. The molecule has 14 nitrogen and oxygen atoms in total. The van der Waals surface area contributed by atoms with E-state index in [0.29, 0.717) is 0 Å². The topological polar surface area (TPSA) is 177 Å². The maximum absolute atomic E-state index is 14.0. The van der Waals surface area contributed by atoms with Crippen LogP contribution in [-0.2, 0) is 14.3 Å². The number of likely N-dealkylation sites (tertiary alicyclic amines) is 2. The first-order valence-corrected chi connectivity index (χ1v) is 21.7. The Balaban J connectivity index is 0.897. The number of hydrogen-bond donors (Lipinski definition) is 4. The number of ether oxygens (including phenoxy) is 1. The van der Waals surface area contributed by atoms with Gasteiger partial charge in [-0.15, -0.1) is 0 Å². The fourth-order valence-electron chi connectivity index (χ4n) is 10.4. The lowest BCUT2D eigenvalue weighted by Crippen LogP contribution is -2.52. The number of rotatable bonds is 11. The Hall–Kier alpha value is -6.18. The molecule has 14 heteroatoms. The average Bonchev–Trinajstić information content (AvgIpc) is 3.68. The number of likely N-dealkylation sites (N-methyl/N-ethyl adjacent to an activating group) is 1. The number of piperidine rings is 2. The summed E-state index contributed by atoms with van der Waals surface area (Å²) in [6.07, 6.45) is 5.50. The molecule has 2 aliphatic heterocycles. The van der Waals surface area contributed by atoms with Gasteiger partial charge in [-0.3, -0.25) is 14.5 Å². The predicted octanol–water partition coefficient (Wildman–Crippen LogP) is 8.41. The van der Waals surface area contributed by atoms with Gasteiger partial charge in [0.15, 0.2) is 0 Å². The SMILES string of the molecule is COC(=O)N[C@H](C(=O)N1[C@H]2C[C@]2(C)C[C@H]1c1nc(-c2ccc3cc(-c4ccc(-c5c[nH]c([C@@H]6C[C@]7(C)C[C@@H]7N6C(=O)[C@H](C(C)C)N(C)C(=O)O)n5)cc4)ccc3c2)c[nH]1)C(C)C. The van der Waals surface area contributed by atoms with Crippen LogP contribution < -0.4 is 5.32 Å². The van der Waals surface area contributed by atoms with Crippen LogP contribution in [0.2, 0.25) is 0 Å². The van der Waals surface area contributed by atoms with Crippen molar-refractivity contribution in [2.24, 2.45) is 22.7 Å².